The van der Waals surface area contributed by atoms with Crippen molar-refractivity contribution < 1.29 is 15.1 Å². The van der Waals surface area contributed by atoms with E-state index in [1.54, 1.807) is 0 Å². The minimum Gasteiger partial charge on any atom is -0.444 e. The van der Waals surface area contributed by atoms with Crippen LogP contribution in [0.25, 0.3) is 11.0 Å². The molecule has 2 aromatic rings. The van der Waals surface area contributed by atoms with Gasteiger partial charge in [-0.25, -0.2) is 9.78 Å². The lowest BCUT2D eigenvalue weighted by molar-refractivity contribution is 0.0225. The first-order valence-corrected chi connectivity index (χ1v) is 13.4. The summed E-state index contributed by atoms with van der Waals surface area (Å²) in [7, 11) is 1.34. The number of benzene rings is 1. The molecule has 1 fully saturated rings. The lowest BCUT2D eigenvalue weighted by atomic mass is 10.1. The summed E-state index contributed by atoms with van der Waals surface area (Å²) in [5.41, 5.74) is 1.55. The molecule has 28 heavy (non-hydrogen) atoms. The van der Waals surface area contributed by atoms with E-state index >= 15 is 0 Å². The summed E-state index contributed by atoms with van der Waals surface area (Å²) in [6, 6.07) is 6.24. The van der Waals surface area contributed by atoms with Crippen molar-refractivity contribution in [1.29, 1.82) is 0 Å². The average Bonchev–Trinajstić information content (AvgIpc) is 3.18. The van der Waals surface area contributed by atoms with Crippen LogP contribution in [0.4, 0.5) is 4.79 Å². The van der Waals surface area contributed by atoms with Gasteiger partial charge in [-0.2, -0.15) is 0 Å². The fraction of sp³-hybridized carbons (Fsp3) is 0.579. The topological polar surface area (TPSA) is 56.6 Å². The number of carbonyl (C=O) groups is 1. The fourth-order valence-corrected chi connectivity index (χ4v) is 4.56. The van der Waals surface area contributed by atoms with Crippen LogP contribution < -0.4 is 0 Å². The van der Waals surface area contributed by atoms with Crippen LogP contribution in [-0.4, -0.2) is 45.3 Å². The molecule has 0 radical (unpaired) electrons. The zero-order valence-electron chi connectivity index (χ0n) is 16.3. The normalized spacial score (nSPS) is 17.5. The van der Waals surface area contributed by atoms with Gasteiger partial charge in [0.1, 0.15) is 11.4 Å². The number of nitrogens with zero attached hydrogens (tertiary/aromatic N) is 3. The number of aromatic nitrogens is 2. The van der Waals surface area contributed by atoms with Crippen LogP contribution in [0.1, 0.15) is 40.9 Å². The van der Waals surface area contributed by atoms with Crippen LogP contribution in [-0.2, 0) is 21.9 Å². The summed E-state index contributed by atoms with van der Waals surface area (Å²) in [4.78, 5) is 19.4. The minimum atomic E-state index is -0.488. The molecule has 156 valence electrons. The highest BCUT2D eigenvalue weighted by molar-refractivity contribution is 14.2. The van der Waals surface area contributed by atoms with E-state index in [4.69, 9.17) is 13.9 Å². The van der Waals surface area contributed by atoms with Gasteiger partial charge in [-0.3, -0.25) is 0 Å². The van der Waals surface area contributed by atoms with Gasteiger partial charge in [0.05, 0.1) is 26.9 Å². The lowest BCUT2D eigenvalue weighted by Crippen LogP contribution is -2.41. The van der Waals surface area contributed by atoms with Gasteiger partial charge in [0.15, 0.2) is 0 Å². The van der Waals surface area contributed by atoms with Crippen molar-refractivity contribution in [2.45, 2.75) is 58.2 Å². The highest BCUT2D eigenvalue weighted by atomic mass is 127. The van der Waals surface area contributed by atoms with E-state index in [1.165, 1.54) is 9.21 Å². The first-order valence-electron chi connectivity index (χ1n) is 9.33. The summed E-state index contributed by atoms with van der Waals surface area (Å²) in [5.74, 6) is 0.982. The van der Waals surface area contributed by atoms with Crippen molar-refractivity contribution in [3.05, 3.63) is 28.5 Å². The molecule has 9 heteroatoms. The van der Waals surface area contributed by atoms with E-state index < -0.39 is 5.60 Å². The number of amides is 1. The third-order valence-electron chi connectivity index (χ3n) is 4.66. The standard InChI is InChI=1S/C19H25BrIN3O3S.H2/c1-19(2,3)27-18(25)23-8-4-5-14(23)12-17-22-15-11-13(20)6-7-16(15)24(17)9-10-26-28-21;/h6-7,11,14H,4-5,8-10,12H2,1-3H3;1H. The fourth-order valence-electron chi connectivity index (χ4n) is 3.54. The van der Waals surface area contributed by atoms with Crippen molar-refractivity contribution in [2.75, 3.05) is 13.2 Å². The quantitative estimate of drug-likeness (QED) is 0.237. The van der Waals surface area contributed by atoms with Gasteiger partial charge in [0, 0.05) is 52.7 Å². The average molecular weight is 584 g/mol. The number of fused-ring (bicyclic) bond motifs is 1. The SMILES string of the molecule is CC(C)(C)OC(=O)N1CCCC1Cc1nc2cc(Br)ccc2n1CCOSI.[HH]. The second-order valence-corrected chi connectivity index (χ2v) is 10.2. The number of halogens is 2. The van der Waals surface area contributed by atoms with Gasteiger partial charge < -0.3 is 18.4 Å². The highest BCUT2D eigenvalue weighted by Gasteiger charge is 2.33. The van der Waals surface area contributed by atoms with Crippen molar-refractivity contribution >= 4 is 63.5 Å². The number of rotatable bonds is 6. The van der Waals surface area contributed by atoms with Crippen molar-refractivity contribution in [1.82, 2.24) is 14.5 Å². The van der Waals surface area contributed by atoms with Crippen LogP contribution in [0, 0.1) is 0 Å². The molecule has 1 saturated heterocycles. The first kappa shape index (κ1) is 22.2. The Labute approximate surface area is 192 Å². The molecule has 6 nitrogen and oxygen atoms in total. The molecular formula is C19H27BrIN3O3S. The summed E-state index contributed by atoms with van der Waals surface area (Å²) in [5, 5.41) is 0. The maximum atomic E-state index is 12.6. The van der Waals surface area contributed by atoms with Gasteiger partial charge >= 0.3 is 6.09 Å². The molecule has 2 heterocycles. The molecule has 1 amide bonds. The molecule has 1 aliphatic rings. The zero-order chi connectivity index (χ0) is 20.3. The Kier molecular flexibility index (Phi) is 7.54. The van der Waals surface area contributed by atoms with Crippen molar-refractivity contribution in [3.8, 4) is 0 Å². The molecule has 0 saturated carbocycles. The van der Waals surface area contributed by atoms with E-state index in [0.29, 0.717) is 13.0 Å². The van der Waals surface area contributed by atoms with Gasteiger partial charge in [-0.05, 0) is 51.8 Å². The Balaban J connectivity index is 0.00000300. The Morgan fingerprint density at radius 3 is 2.96 bits per heavy atom. The number of hydrogen-bond acceptors (Lipinski definition) is 5. The Hall–Kier alpha value is -0.520. The first-order chi connectivity index (χ1) is 13.3. The monoisotopic (exact) mass is 583 g/mol. The summed E-state index contributed by atoms with van der Waals surface area (Å²) < 4.78 is 14.3. The molecule has 3 rings (SSSR count). The highest BCUT2D eigenvalue weighted by Crippen LogP contribution is 2.27. The van der Waals surface area contributed by atoms with E-state index in [9.17, 15) is 4.79 Å². The maximum Gasteiger partial charge on any atom is 0.410 e. The van der Waals surface area contributed by atoms with E-state index in [1.807, 2.05) is 37.8 Å². The number of ether oxygens (including phenoxy) is 1. The van der Waals surface area contributed by atoms with Gasteiger partial charge in [0.2, 0.25) is 0 Å². The van der Waals surface area contributed by atoms with Crippen molar-refractivity contribution in [3.63, 3.8) is 0 Å². The van der Waals surface area contributed by atoms with Crippen LogP contribution >= 0.6 is 46.3 Å². The third-order valence-corrected chi connectivity index (χ3v) is 6.17. The predicted molar refractivity (Wildman–Crippen MR) is 127 cm³/mol. The maximum absolute atomic E-state index is 12.6. The minimum absolute atomic E-state index is 0. The van der Waals surface area contributed by atoms with Crippen LogP contribution in [0.3, 0.4) is 0 Å². The Morgan fingerprint density at radius 1 is 1.46 bits per heavy atom. The molecule has 1 aliphatic heterocycles. The molecule has 1 aromatic heterocycles. The Bertz CT molecular complexity index is 846. The predicted octanol–water partition coefficient (Wildman–Crippen LogP) is 6.00. The molecule has 0 bridgehead atoms. The zero-order valence-corrected chi connectivity index (χ0v) is 20.8. The van der Waals surface area contributed by atoms with Gasteiger partial charge in [0.25, 0.3) is 0 Å². The second kappa shape index (κ2) is 9.53. The molecule has 0 spiro atoms. The molecule has 1 aromatic carbocycles. The van der Waals surface area contributed by atoms with Crippen molar-refractivity contribution in [2.24, 2.45) is 0 Å². The van der Waals surface area contributed by atoms with E-state index in [0.717, 1.165) is 47.3 Å². The smallest absolute Gasteiger partial charge is 0.410 e. The summed E-state index contributed by atoms with van der Waals surface area (Å²) >= 11 is 5.65. The number of likely N-dealkylation sites (tertiary alicyclic amines) is 1. The largest absolute Gasteiger partial charge is 0.444 e. The number of hydrogen-bond donors (Lipinski definition) is 0. The molecule has 0 N–H and O–H groups in total. The van der Waals surface area contributed by atoms with E-state index in [-0.39, 0.29) is 13.6 Å². The Morgan fingerprint density at radius 2 is 2.25 bits per heavy atom. The molecule has 0 aliphatic carbocycles. The second-order valence-electron chi connectivity index (χ2n) is 7.87. The van der Waals surface area contributed by atoms with Crippen LogP contribution in [0.2, 0.25) is 0 Å². The molecule has 1 atom stereocenters. The number of imidazole rings is 1. The van der Waals surface area contributed by atoms with E-state index in [2.05, 4.69) is 47.8 Å². The number of carbonyl (C=O) groups excluding carboxylic acids is 1. The third kappa shape index (κ3) is 5.54. The van der Waals surface area contributed by atoms with Crippen LogP contribution in [0.5, 0.6) is 0 Å². The summed E-state index contributed by atoms with van der Waals surface area (Å²) in [6.07, 6.45) is 2.43. The summed E-state index contributed by atoms with van der Waals surface area (Å²) in [6.45, 7) is 7.76. The van der Waals surface area contributed by atoms with Gasteiger partial charge in [-0.1, -0.05) is 15.9 Å². The van der Waals surface area contributed by atoms with Gasteiger partial charge in [-0.15, -0.1) is 0 Å². The molecular weight excluding hydrogens is 557 g/mol. The lowest BCUT2D eigenvalue weighted by Gasteiger charge is -2.28. The van der Waals surface area contributed by atoms with Crippen LogP contribution in [0.15, 0.2) is 22.7 Å². The molecule has 1 unspecified atom stereocenters.